The summed E-state index contributed by atoms with van der Waals surface area (Å²) in [5.74, 6) is 2.97. The SMILES string of the molecule is Cc1nc(Br)cc(NCc2nc(C)c(C)o2)n1. The summed E-state index contributed by atoms with van der Waals surface area (Å²) >= 11 is 3.32. The Balaban J connectivity index is 2.07. The van der Waals surface area contributed by atoms with Crippen LogP contribution in [0.3, 0.4) is 0 Å². The molecule has 17 heavy (non-hydrogen) atoms. The molecular formula is C11H13BrN4O. The van der Waals surface area contributed by atoms with Crippen LogP contribution in [0.5, 0.6) is 0 Å². The topological polar surface area (TPSA) is 63.8 Å². The zero-order valence-electron chi connectivity index (χ0n) is 9.91. The molecule has 90 valence electrons. The molecule has 0 spiro atoms. The first-order chi connectivity index (χ1) is 8.04. The molecule has 0 unspecified atom stereocenters. The maximum Gasteiger partial charge on any atom is 0.213 e. The summed E-state index contributed by atoms with van der Waals surface area (Å²) in [5, 5.41) is 3.15. The first-order valence-electron chi connectivity index (χ1n) is 5.22. The van der Waals surface area contributed by atoms with Gasteiger partial charge in [0.15, 0.2) is 0 Å². The van der Waals surface area contributed by atoms with Crippen molar-refractivity contribution < 1.29 is 4.42 Å². The van der Waals surface area contributed by atoms with Crippen molar-refractivity contribution in [2.75, 3.05) is 5.32 Å². The minimum absolute atomic E-state index is 0.511. The smallest absolute Gasteiger partial charge is 0.213 e. The highest BCUT2D eigenvalue weighted by molar-refractivity contribution is 9.10. The number of aromatic nitrogens is 3. The van der Waals surface area contributed by atoms with Crippen molar-refractivity contribution in [1.82, 2.24) is 15.0 Å². The Bertz CT molecular complexity index is 499. The predicted octanol–water partition coefficient (Wildman–Crippen LogP) is 2.76. The molecule has 0 aliphatic rings. The highest BCUT2D eigenvalue weighted by atomic mass is 79.9. The lowest BCUT2D eigenvalue weighted by Crippen LogP contribution is -2.03. The van der Waals surface area contributed by atoms with Crippen LogP contribution in [0.1, 0.15) is 23.2 Å². The van der Waals surface area contributed by atoms with Gasteiger partial charge >= 0.3 is 0 Å². The van der Waals surface area contributed by atoms with Gasteiger partial charge in [0.2, 0.25) is 5.89 Å². The molecule has 0 fully saturated rings. The average Bonchev–Trinajstić information content (AvgIpc) is 2.54. The monoisotopic (exact) mass is 296 g/mol. The summed E-state index contributed by atoms with van der Waals surface area (Å²) in [6.45, 7) is 6.18. The van der Waals surface area contributed by atoms with E-state index in [1.807, 2.05) is 26.8 Å². The van der Waals surface area contributed by atoms with Crippen LogP contribution in [0.15, 0.2) is 15.1 Å². The summed E-state index contributed by atoms with van der Waals surface area (Å²) in [7, 11) is 0. The van der Waals surface area contributed by atoms with Crippen molar-refractivity contribution >= 4 is 21.7 Å². The van der Waals surface area contributed by atoms with E-state index in [1.54, 1.807) is 0 Å². The number of hydrogen-bond donors (Lipinski definition) is 1. The van der Waals surface area contributed by atoms with Crippen LogP contribution in [0.2, 0.25) is 0 Å². The fourth-order valence-electron chi connectivity index (χ4n) is 1.40. The summed E-state index contributed by atoms with van der Waals surface area (Å²) in [5.41, 5.74) is 0.918. The third kappa shape index (κ3) is 3.03. The quantitative estimate of drug-likeness (QED) is 0.883. The lowest BCUT2D eigenvalue weighted by molar-refractivity contribution is 0.478. The summed E-state index contributed by atoms with van der Waals surface area (Å²) in [4.78, 5) is 12.7. The Kier molecular flexibility index (Phi) is 3.42. The van der Waals surface area contributed by atoms with Crippen LogP contribution < -0.4 is 5.32 Å². The molecule has 0 amide bonds. The van der Waals surface area contributed by atoms with E-state index in [2.05, 4.69) is 36.2 Å². The number of halogens is 1. The van der Waals surface area contributed by atoms with Gasteiger partial charge in [-0.1, -0.05) is 0 Å². The number of aryl methyl sites for hydroxylation is 3. The number of oxazole rings is 1. The van der Waals surface area contributed by atoms with Gasteiger partial charge in [0.05, 0.1) is 12.2 Å². The van der Waals surface area contributed by atoms with E-state index < -0.39 is 0 Å². The summed E-state index contributed by atoms with van der Waals surface area (Å²) in [6, 6.07) is 1.82. The molecule has 6 heteroatoms. The standard InChI is InChI=1S/C11H13BrN4O/c1-6-7(2)17-11(14-6)5-13-10-4-9(12)15-8(3)16-10/h4H,5H2,1-3H3,(H,13,15,16). The van der Waals surface area contributed by atoms with E-state index in [9.17, 15) is 0 Å². The van der Waals surface area contributed by atoms with Crippen LogP contribution in [0.4, 0.5) is 5.82 Å². The maximum atomic E-state index is 5.47. The molecule has 5 nitrogen and oxygen atoms in total. The Morgan fingerprint density at radius 1 is 1.24 bits per heavy atom. The molecule has 0 saturated heterocycles. The molecule has 2 heterocycles. The first kappa shape index (κ1) is 12.0. The van der Waals surface area contributed by atoms with Gasteiger partial charge < -0.3 is 9.73 Å². The second-order valence-corrected chi connectivity index (χ2v) is 4.54. The number of nitrogens with zero attached hydrogens (tertiary/aromatic N) is 3. The Morgan fingerprint density at radius 2 is 2.00 bits per heavy atom. The summed E-state index contributed by atoms with van der Waals surface area (Å²) in [6.07, 6.45) is 0. The third-order valence-electron chi connectivity index (χ3n) is 2.30. The van der Waals surface area contributed by atoms with E-state index in [0.717, 1.165) is 21.9 Å². The molecule has 0 saturated carbocycles. The van der Waals surface area contributed by atoms with Gasteiger partial charge in [-0.2, -0.15) is 0 Å². The normalized spacial score (nSPS) is 10.6. The van der Waals surface area contributed by atoms with Gasteiger partial charge in [0.1, 0.15) is 22.0 Å². The predicted molar refractivity (Wildman–Crippen MR) is 67.8 cm³/mol. The first-order valence-corrected chi connectivity index (χ1v) is 6.02. The maximum absolute atomic E-state index is 5.47. The van der Waals surface area contributed by atoms with E-state index in [4.69, 9.17) is 4.42 Å². The minimum Gasteiger partial charge on any atom is -0.444 e. The molecule has 0 bridgehead atoms. The molecule has 0 atom stereocenters. The fraction of sp³-hybridized carbons (Fsp3) is 0.364. The Labute approximate surface area is 108 Å². The van der Waals surface area contributed by atoms with Crippen molar-refractivity contribution in [1.29, 1.82) is 0 Å². The summed E-state index contributed by atoms with van der Waals surface area (Å²) < 4.78 is 6.22. The zero-order valence-corrected chi connectivity index (χ0v) is 11.5. The van der Waals surface area contributed by atoms with Gasteiger partial charge in [0, 0.05) is 6.07 Å². The van der Waals surface area contributed by atoms with Gasteiger partial charge in [0.25, 0.3) is 0 Å². The van der Waals surface area contributed by atoms with Crippen LogP contribution in [-0.2, 0) is 6.54 Å². The largest absolute Gasteiger partial charge is 0.444 e. The molecule has 0 radical (unpaired) electrons. The van der Waals surface area contributed by atoms with Crippen molar-refractivity contribution in [2.24, 2.45) is 0 Å². The zero-order chi connectivity index (χ0) is 12.4. The molecule has 0 aliphatic carbocycles. The van der Waals surface area contributed by atoms with Crippen molar-refractivity contribution in [2.45, 2.75) is 27.3 Å². The lowest BCUT2D eigenvalue weighted by atomic mass is 10.4. The second kappa shape index (κ2) is 4.83. The molecule has 2 rings (SSSR count). The fourth-order valence-corrected chi connectivity index (χ4v) is 1.88. The van der Waals surface area contributed by atoms with Crippen molar-refractivity contribution in [3.05, 3.63) is 33.8 Å². The van der Waals surface area contributed by atoms with Gasteiger partial charge in [-0.3, -0.25) is 0 Å². The number of rotatable bonds is 3. The van der Waals surface area contributed by atoms with Gasteiger partial charge in [-0.15, -0.1) is 0 Å². The van der Waals surface area contributed by atoms with Crippen LogP contribution in [0.25, 0.3) is 0 Å². The number of nitrogens with one attached hydrogen (secondary N) is 1. The van der Waals surface area contributed by atoms with E-state index in [-0.39, 0.29) is 0 Å². The lowest BCUT2D eigenvalue weighted by Gasteiger charge is -2.03. The Hall–Kier alpha value is -1.43. The molecule has 2 aromatic rings. The average molecular weight is 297 g/mol. The third-order valence-corrected chi connectivity index (χ3v) is 2.71. The van der Waals surface area contributed by atoms with Crippen molar-refractivity contribution in [3.63, 3.8) is 0 Å². The van der Waals surface area contributed by atoms with Gasteiger partial charge in [-0.25, -0.2) is 15.0 Å². The number of hydrogen-bond acceptors (Lipinski definition) is 5. The molecule has 0 aliphatic heterocycles. The molecular weight excluding hydrogens is 284 g/mol. The highest BCUT2D eigenvalue weighted by Gasteiger charge is 2.06. The van der Waals surface area contributed by atoms with E-state index in [0.29, 0.717) is 18.3 Å². The van der Waals surface area contributed by atoms with Gasteiger partial charge in [-0.05, 0) is 36.7 Å². The Morgan fingerprint density at radius 3 is 2.59 bits per heavy atom. The van der Waals surface area contributed by atoms with Crippen LogP contribution in [0, 0.1) is 20.8 Å². The molecule has 0 aromatic carbocycles. The molecule has 2 aromatic heterocycles. The highest BCUT2D eigenvalue weighted by Crippen LogP contribution is 2.14. The van der Waals surface area contributed by atoms with Crippen LogP contribution in [-0.4, -0.2) is 15.0 Å². The van der Waals surface area contributed by atoms with Crippen LogP contribution >= 0.6 is 15.9 Å². The van der Waals surface area contributed by atoms with Crippen molar-refractivity contribution in [3.8, 4) is 0 Å². The number of anilines is 1. The van der Waals surface area contributed by atoms with E-state index in [1.165, 1.54) is 0 Å². The second-order valence-electron chi connectivity index (χ2n) is 3.73. The molecule has 1 N–H and O–H groups in total. The minimum atomic E-state index is 0.511. The van der Waals surface area contributed by atoms with E-state index >= 15 is 0 Å².